The van der Waals surface area contributed by atoms with Crippen molar-refractivity contribution in [3.63, 3.8) is 0 Å². The van der Waals surface area contributed by atoms with Gasteiger partial charge >= 0.3 is 6.03 Å². The molecular weight excluding hydrogens is 202 g/mol. The van der Waals surface area contributed by atoms with E-state index in [0.717, 1.165) is 13.0 Å². The monoisotopic (exact) mass is 227 g/mol. The number of likely N-dealkylation sites (tertiary alicyclic amines) is 1. The lowest BCUT2D eigenvalue weighted by atomic mass is 10.1. The minimum atomic E-state index is 0.0299. The Hall–Kier alpha value is -0.770. The lowest BCUT2D eigenvalue weighted by Gasteiger charge is -2.33. The van der Waals surface area contributed by atoms with Crippen LogP contribution in [0.2, 0.25) is 0 Å². The van der Waals surface area contributed by atoms with Crippen molar-refractivity contribution in [2.75, 3.05) is 33.7 Å². The number of rotatable bonds is 4. The number of nitrogens with one attached hydrogen (secondary N) is 1. The maximum atomic E-state index is 11.5. The van der Waals surface area contributed by atoms with Crippen LogP contribution in [0.1, 0.15) is 32.6 Å². The maximum absolute atomic E-state index is 11.5. The van der Waals surface area contributed by atoms with Gasteiger partial charge in [-0.2, -0.15) is 0 Å². The summed E-state index contributed by atoms with van der Waals surface area (Å²) in [5.41, 5.74) is 0. The molecular formula is C12H25N3O. The Morgan fingerprint density at radius 3 is 2.88 bits per heavy atom. The number of piperidine rings is 1. The van der Waals surface area contributed by atoms with Crippen molar-refractivity contribution in [1.82, 2.24) is 15.1 Å². The van der Waals surface area contributed by atoms with Crippen LogP contribution in [-0.2, 0) is 0 Å². The Labute approximate surface area is 99.0 Å². The van der Waals surface area contributed by atoms with E-state index in [-0.39, 0.29) is 6.03 Å². The second-order valence-electron chi connectivity index (χ2n) is 4.84. The molecule has 0 aromatic heterocycles. The van der Waals surface area contributed by atoms with E-state index in [9.17, 15) is 4.79 Å². The van der Waals surface area contributed by atoms with Crippen LogP contribution in [0, 0.1) is 0 Å². The zero-order valence-electron chi connectivity index (χ0n) is 10.8. The highest BCUT2D eigenvalue weighted by Gasteiger charge is 2.21. The van der Waals surface area contributed by atoms with Crippen LogP contribution < -0.4 is 5.32 Å². The van der Waals surface area contributed by atoms with Crippen LogP contribution >= 0.6 is 0 Å². The summed E-state index contributed by atoms with van der Waals surface area (Å²) < 4.78 is 0. The summed E-state index contributed by atoms with van der Waals surface area (Å²) in [6, 6.07) is 0.364. The number of carbonyl (C=O) groups is 1. The summed E-state index contributed by atoms with van der Waals surface area (Å²) in [6.07, 6.45) is 4.81. The van der Waals surface area contributed by atoms with Gasteiger partial charge in [0.25, 0.3) is 0 Å². The predicted molar refractivity (Wildman–Crippen MR) is 66.6 cm³/mol. The minimum absolute atomic E-state index is 0.0299. The summed E-state index contributed by atoms with van der Waals surface area (Å²) in [7, 11) is 3.57. The molecule has 1 atom stereocenters. The van der Waals surface area contributed by atoms with Crippen molar-refractivity contribution < 1.29 is 4.79 Å². The van der Waals surface area contributed by atoms with Gasteiger partial charge in [0.1, 0.15) is 0 Å². The van der Waals surface area contributed by atoms with Gasteiger partial charge in [-0.05, 0) is 32.4 Å². The molecule has 1 fully saturated rings. The third kappa shape index (κ3) is 4.39. The molecule has 1 N–H and O–H groups in total. The lowest BCUT2D eigenvalue weighted by Crippen LogP contribution is -2.50. The highest BCUT2D eigenvalue weighted by atomic mass is 16.2. The first-order chi connectivity index (χ1) is 7.63. The molecule has 1 aliphatic heterocycles. The average Bonchev–Trinajstić information content (AvgIpc) is 2.26. The molecule has 2 amide bonds. The first kappa shape index (κ1) is 13.3. The second kappa shape index (κ2) is 6.74. The van der Waals surface area contributed by atoms with Crippen molar-refractivity contribution in [3.05, 3.63) is 0 Å². The molecule has 1 aliphatic rings. The summed E-state index contributed by atoms with van der Waals surface area (Å²) in [4.78, 5) is 15.6. The van der Waals surface area contributed by atoms with Gasteiger partial charge in [-0.1, -0.05) is 13.3 Å². The van der Waals surface area contributed by atoms with Gasteiger partial charge in [0.05, 0.1) is 0 Å². The molecule has 1 unspecified atom stereocenters. The number of amides is 2. The fourth-order valence-corrected chi connectivity index (χ4v) is 2.06. The molecule has 0 bridgehead atoms. The van der Waals surface area contributed by atoms with Crippen LogP contribution in [0.4, 0.5) is 4.79 Å². The van der Waals surface area contributed by atoms with Crippen LogP contribution in [0.15, 0.2) is 0 Å². The summed E-state index contributed by atoms with van der Waals surface area (Å²) in [5.74, 6) is 0. The molecule has 0 aliphatic carbocycles. The quantitative estimate of drug-likeness (QED) is 0.790. The van der Waals surface area contributed by atoms with Crippen molar-refractivity contribution in [2.24, 2.45) is 0 Å². The Bertz CT molecular complexity index is 218. The molecule has 16 heavy (non-hydrogen) atoms. The van der Waals surface area contributed by atoms with Gasteiger partial charge in [-0.25, -0.2) is 4.79 Å². The van der Waals surface area contributed by atoms with Crippen LogP contribution in [0.3, 0.4) is 0 Å². The van der Waals surface area contributed by atoms with E-state index < -0.39 is 0 Å². The summed E-state index contributed by atoms with van der Waals surface area (Å²) in [5, 5.41) is 3.07. The van der Waals surface area contributed by atoms with Crippen molar-refractivity contribution >= 4 is 6.03 Å². The van der Waals surface area contributed by atoms with E-state index in [4.69, 9.17) is 0 Å². The molecule has 1 heterocycles. The van der Waals surface area contributed by atoms with Gasteiger partial charge in [-0.3, -0.25) is 0 Å². The molecule has 1 rings (SSSR count). The van der Waals surface area contributed by atoms with Gasteiger partial charge in [0.15, 0.2) is 0 Å². The van der Waals surface area contributed by atoms with Crippen LogP contribution in [0.5, 0.6) is 0 Å². The average molecular weight is 227 g/mol. The number of carbonyl (C=O) groups excluding carboxylic acids is 1. The van der Waals surface area contributed by atoms with E-state index >= 15 is 0 Å². The summed E-state index contributed by atoms with van der Waals surface area (Å²) in [6.45, 7) is 5.59. The van der Waals surface area contributed by atoms with Crippen LogP contribution in [-0.4, -0.2) is 55.6 Å². The van der Waals surface area contributed by atoms with Gasteiger partial charge in [0.2, 0.25) is 0 Å². The van der Waals surface area contributed by atoms with Gasteiger partial charge in [-0.15, -0.1) is 0 Å². The first-order valence-electron chi connectivity index (χ1n) is 6.33. The van der Waals surface area contributed by atoms with Crippen molar-refractivity contribution in [3.8, 4) is 0 Å². The van der Waals surface area contributed by atoms with E-state index in [0.29, 0.717) is 6.04 Å². The van der Waals surface area contributed by atoms with Crippen molar-refractivity contribution in [2.45, 2.75) is 38.6 Å². The number of nitrogens with zero attached hydrogens (tertiary/aromatic N) is 2. The Morgan fingerprint density at radius 2 is 2.25 bits per heavy atom. The number of hydrogen-bond donors (Lipinski definition) is 1. The number of urea groups is 1. The highest BCUT2D eigenvalue weighted by Crippen LogP contribution is 2.11. The fraction of sp³-hybridized carbons (Fsp3) is 0.917. The third-order valence-corrected chi connectivity index (χ3v) is 3.07. The van der Waals surface area contributed by atoms with Gasteiger partial charge < -0.3 is 15.1 Å². The Morgan fingerprint density at radius 1 is 1.50 bits per heavy atom. The Balaban J connectivity index is 2.30. The fourth-order valence-electron chi connectivity index (χ4n) is 2.06. The zero-order valence-corrected chi connectivity index (χ0v) is 10.8. The van der Waals surface area contributed by atoms with E-state index in [1.807, 2.05) is 0 Å². The first-order valence-corrected chi connectivity index (χ1v) is 6.33. The van der Waals surface area contributed by atoms with E-state index in [2.05, 4.69) is 17.1 Å². The van der Waals surface area contributed by atoms with Gasteiger partial charge in [0, 0.05) is 26.7 Å². The molecule has 94 valence electrons. The maximum Gasteiger partial charge on any atom is 0.317 e. The van der Waals surface area contributed by atoms with Crippen LogP contribution in [0.25, 0.3) is 0 Å². The topological polar surface area (TPSA) is 35.6 Å². The molecule has 0 aromatic carbocycles. The van der Waals surface area contributed by atoms with Crippen molar-refractivity contribution in [1.29, 1.82) is 0 Å². The number of hydrogen-bond acceptors (Lipinski definition) is 2. The SMILES string of the molecule is CCCCN1CCCC(NC(=O)N(C)C)C1. The molecule has 0 aromatic rings. The second-order valence-corrected chi connectivity index (χ2v) is 4.84. The number of unbranched alkanes of at least 4 members (excludes halogenated alkanes) is 1. The molecule has 0 radical (unpaired) electrons. The molecule has 4 nitrogen and oxygen atoms in total. The predicted octanol–water partition coefficient (Wildman–Crippen LogP) is 1.52. The third-order valence-electron chi connectivity index (χ3n) is 3.07. The summed E-state index contributed by atoms with van der Waals surface area (Å²) >= 11 is 0. The van der Waals surface area contributed by atoms with E-state index in [1.54, 1.807) is 19.0 Å². The normalized spacial score (nSPS) is 21.8. The smallest absolute Gasteiger partial charge is 0.317 e. The molecule has 1 saturated heterocycles. The molecule has 0 saturated carbocycles. The highest BCUT2D eigenvalue weighted by molar-refractivity contribution is 5.73. The zero-order chi connectivity index (χ0) is 12.0. The largest absolute Gasteiger partial charge is 0.334 e. The minimum Gasteiger partial charge on any atom is -0.334 e. The molecule has 4 heteroatoms. The molecule has 0 spiro atoms. The Kier molecular flexibility index (Phi) is 5.60. The van der Waals surface area contributed by atoms with E-state index in [1.165, 1.54) is 32.4 Å². The standard InChI is InChI=1S/C12H25N3O/c1-4-5-8-15-9-6-7-11(10-15)13-12(16)14(2)3/h11H,4-10H2,1-3H3,(H,13,16). The lowest BCUT2D eigenvalue weighted by molar-refractivity contribution is 0.175.